The number of hydrogen-bond donors (Lipinski definition) is 2. The third kappa shape index (κ3) is 3.37. The minimum absolute atomic E-state index is 0.0589. The number of carbonyl (C=O) groups excluding carboxylic acids is 1. The fourth-order valence-corrected chi connectivity index (χ4v) is 2.35. The van der Waals surface area contributed by atoms with Crippen molar-refractivity contribution in [1.82, 2.24) is 20.4 Å². The first-order valence-corrected chi connectivity index (χ1v) is 7.42. The van der Waals surface area contributed by atoms with Crippen LogP contribution in [0, 0.1) is 0 Å². The molecule has 0 aliphatic heterocycles. The zero-order valence-electron chi connectivity index (χ0n) is 13.2. The summed E-state index contributed by atoms with van der Waals surface area (Å²) in [6.45, 7) is 1.62. The van der Waals surface area contributed by atoms with Crippen LogP contribution in [-0.2, 0) is 0 Å². The van der Waals surface area contributed by atoms with Gasteiger partial charge in [-0.15, -0.1) is 0 Å². The van der Waals surface area contributed by atoms with Crippen LogP contribution in [0.3, 0.4) is 0 Å². The van der Waals surface area contributed by atoms with E-state index in [0.29, 0.717) is 11.1 Å². The van der Waals surface area contributed by atoms with E-state index in [9.17, 15) is 14.7 Å². The highest BCUT2D eigenvalue weighted by atomic mass is 16.5. The molecule has 25 heavy (non-hydrogen) atoms. The standard InChI is InChI=1S/C17H14N4O4/c1-10(20-16(22)12-5-3-7-19-9-12)15-13(17(23)24)14(21-25-15)11-4-2-6-18-8-11/h2-10H,1H3,(H,20,22)(H,23,24). The van der Waals surface area contributed by atoms with Gasteiger partial charge in [-0.2, -0.15) is 0 Å². The third-order valence-corrected chi connectivity index (χ3v) is 3.53. The quantitative estimate of drug-likeness (QED) is 0.733. The van der Waals surface area contributed by atoms with Gasteiger partial charge in [-0.25, -0.2) is 4.79 Å². The summed E-state index contributed by atoms with van der Waals surface area (Å²) in [6.07, 6.45) is 6.04. The maximum Gasteiger partial charge on any atom is 0.341 e. The highest BCUT2D eigenvalue weighted by molar-refractivity contribution is 5.97. The molecule has 0 aliphatic carbocycles. The Morgan fingerprint density at radius 2 is 1.88 bits per heavy atom. The van der Waals surface area contributed by atoms with Crippen LogP contribution in [0.25, 0.3) is 11.3 Å². The van der Waals surface area contributed by atoms with Gasteiger partial charge in [-0.1, -0.05) is 5.16 Å². The molecule has 1 atom stereocenters. The summed E-state index contributed by atoms with van der Waals surface area (Å²) in [5, 5.41) is 16.1. The van der Waals surface area contributed by atoms with Crippen molar-refractivity contribution in [2.45, 2.75) is 13.0 Å². The SMILES string of the molecule is CC(NC(=O)c1cccnc1)c1onc(-c2cccnc2)c1C(=O)O. The smallest absolute Gasteiger partial charge is 0.341 e. The van der Waals surface area contributed by atoms with E-state index in [1.807, 2.05) is 0 Å². The molecule has 0 radical (unpaired) electrons. The number of pyridine rings is 2. The summed E-state index contributed by atoms with van der Waals surface area (Å²) >= 11 is 0. The zero-order valence-corrected chi connectivity index (χ0v) is 13.2. The summed E-state index contributed by atoms with van der Waals surface area (Å²) in [7, 11) is 0. The molecule has 1 amide bonds. The number of rotatable bonds is 5. The Hall–Kier alpha value is -3.55. The van der Waals surface area contributed by atoms with Crippen molar-refractivity contribution in [1.29, 1.82) is 0 Å². The minimum atomic E-state index is -1.20. The first-order valence-electron chi connectivity index (χ1n) is 7.42. The summed E-state index contributed by atoms with van der Waals surface area (Å²) < 4.78 is 5.22. The Bertz CT molecular complexity index is 894. The fourth-order valence-electron chi connectivity index (χ4n) is 2.35. The van der Waals surface area contributed by atoms with Crippen molar-refractivity contribution in [3.8, 4) is 11.3 Å². The summed E-state index contributed by atoms with van der Waals surface area (Å²) in [4.78, 5) is 31.7. The monoisotopic (exact) mass is 338 g/mol. The van der Waals surface area contributed by atoms with E-state index in [1.54, 1.807) is 43.6 Å². The van der Waals surface area contributed by atoms with Crippen molar-refractivity contribution in [3.63, 3.8) is 0 Å². The molecule has 1 unspecified atom stereocenters. The van der Waals surface area contributed by atoms with Crippen LogP contribution in [0.5, 0.6) is 0 Å². The van der Waals surface area contributed by atoms with E-state index in [2.05, 4.69) is 20.4 Å². The molecule has 8 heteroatoms. The number of nitrogens with zero attached hydrogens (tertiary/aromatic N) is 3. The second kappa shape index (κ2) is 6.91. The number of carboxylic acids is 1. The zero-order chi connectivity index (χ0) is 17.8. The largest absolute Gasteiger partial charge is 0.477 e. The van der Waals surface area contributed by atoms with Gasteiger partial charge in [0.25, 0.3) is 5.91 Å². The number of nitrogens with one attached hydrogen (secondary N) is 1. The molecule has 2 N–H and O–H groups in total. The van der Waals surface area contributed by atoms with Crippen LogP contribution >= 0.6 is 0 Å². The van der Waals surface area contributed by atoms with Crippen LogP contribution in [0.1, 0.15) is 39.4 Å². The Balaban J connectivity index is 1.91. The van der Waals surface area contributed by atoms with Crippen molar-refractivity contribution in [3.05, 3.63) is 65.9 Å². The molecule has 126 valence electrons. The molecule has 0 spiro atoms. The molecule has 3 rings (SSSR count). The first kappa shape index (κ1) is 16.3. The Morgan fingerprint density at radius 1 is 1.16 bits per heavy atom. The second-order valence-corrected chi connectivity index (χ2v) is 5.25. The summed E-state index contributed by atoms with van der Waals surface area (Å²) in [5.74, 6) is -1.53. The van der Waals surface area contributed by atoms with Gasteiger partial charge in [0, 0.05) is 30.4 Å². The normalized spacial score (nSPS) is 11.7. The van der Waals surface area contributed by atoms with Crippen LogP contribution in [0.4, 0.5) is 0 Å². The van der Waals surface area contributed by atoms with Crippen LogP contribution in [0.2, 0.25) is 0 Å². The Morgan fingerprint density at radius 3 is 2.48 bits per heavy atom. The van der Waals surface area contributed by atoms with E-state index in [0.717, 1.165) is 0 Å². The molecule has 0 bridgehead atoms. The van der Waals surface area contributed by atoms with Crippen LogP contribution < -0.4 is 5.32 Å². The lowest BCUT2D eigenvalue weighted by Gasteiger charge is -2.11. The maximum atomic E-state index is 12.2. The number of aromatic nitrogens is 3. The molecule has 3 aromatic rings. The van der Waals surface area contributed by atoms with Gasteiger partial charge >= 0.3 is 5.97 Å². The molecule has 0 aromatic carbocycles. The van der Waals surface area contributed by atoms with E-state index in [-0.39, 0.29) is 17.0 Å². The van der Waals surface area contributed by atoms with Gasteiger partial charge in [0.1, 0.15) is 11.3 Å². The van der Waals surface area contributed by atoms with Gasteiger partial charge < -0.3 is 14.9 Å². The van der Waals surface area contributed by atoms with Crippen molar-refractivity contribution in [2.24, 2.45) is 0 Å². The van der Waals surface area contributed by atoms with Gasteiger partial charge in [0.2, 0.25) is 0 Å². The van der Waals surface area contributed by atoms with E-state index in [4.69, 9.17) is 4.52 Å². The van der Waals surface area contributed by atoms with E-state index in [1.165, 1.54) is 12.4 Å². The Kier molecular flexibility index (Phi) is 4.51. The van der Waals surface area contributed by atoms with Gasteiger partial charge in [-0.3, -0.25) is 14.8 Å². The molecular formula is C17H14N4O4. The number of aromatic carboxylic acids is 1. The number of carbonyl (C=O) groups is 2. The van der Waals surface area contributed by atoms with Crippen molar-refractivity contribution in [2.75, 3.05) is 0 Å². The fraction of sp³-hybridized carbons (Fsp3) is 0.118. The first-order chi connectivity index (χ1) is 12.1. The molecular weight excluding hydrogens is 324 g/mol. The van der Waals surface area contributed by atoms with Gasteiger partial charge in [0.15, 0.2) is 5.76 Å². The maximum absolute atomic E-state index is 12.2. The minimum Gasteiger partial charge on any atom is -0.477 e. The van der Waals surface area contributed by atoms with Crippen molar-refractivity contribution >= 4 is 11.9 Å². The summed E-state index contributed by atoms with van der Waals surface area (Å²) in [5.41, 5.74) is 0.934. The third-order valence-electron chi connectivity index (χ3n) is 3.53. The molecule has 0 fully saturated rings. The highest BCUT2D eigenvalue weighted by Gasteiger charge is 2.28. The lowest BCUT2D eigenvalue weighted by atomic mass is 10.0. The van der Waals surface area contributed by atoms with E-state index >= 15 is 0 Å². The predicted molar refractivity (Wildman–Crippen MR) is 86.8 cm³/mol. The average molecular weight is 338 g/mol. The van der Waals surface area contributed by atoms with E-state index < -0.39 is 17.9 Å². The predicted octanol–water partition coefficient (Wildman–Crippen LogP) is 2.32. The average Bonchev–Trinajstić information content (AvgIpc) is 3.08. The van der Waals surface area contributed by atoms with Gasteiger partial charge in [0.05, 0.1) is 11.6 Å². The lowest BCUT2D eigenvalue weighted by Crippen LogP contribution is -2.27. The molecule has 0 saturated carbocycles. The number of carboxylic acid groups (broad SMARTS) is 1. The topological polar surface area (TPSA) is 118 Å². The lowest BCUT2D eigenvalue weighted by molar-refractivity contribution is 0.0692. The molecule has 3 aromatic heterocycles. The molecule has 0 aliphatic rings. The Labute approximate surface area is 142 Å². The highest BCUT2D eigenvalue weighted by Crippen LogP contribution is 2.28. The number of amides is 1. The second-order valence-electron chi connectivity index (χ2n) is 5.25. The van der Waals surface area contributed by atoms with Crippen LogP contribution in [-0.4, -0.2) is 32.1 Å². The van der Waals surface area contributed by atoms with Crippen LogP contribution in [0.15, 0.2) is 53.6 Å². The van der Waals surface area contributed by atoms with Crippen molar-refractivity contribution < 1.29 is 19.2 Å². The molecule has 0 saturated heterocycles. The molecule has 8 nitrogen and oxygen atoms in total. The number of hydrogen-bond acceptors (Lipinski definition) is 6. The summed E-state index contributed by atoms with van der Waals surface area (Å²) in [6, 6.07) is 5.89. The van der Waals surface area contributed by atoms with Gasteiger partial charge in [-0.05, 0) is 31.2 Å². The molecule has 3 heterocycles.